The van der Waals surface area contributed by atoms with E-state index < -0.39 is 17.8 Å². The summed E-state index contributed by atoms with van der Waals surface area (Å²) in [6.07, 6.45) is 17.2. The second kappa shape index (κ2) is 8.52. The Morgan fingerprint density at radius 2 is 1.63 bits per heavy atom. The van der Waals surface area contributed by atoms with E-state index in [1.54, 1.807) is 0 Å². The first kappa shape index (κ1) is 22.8. The Kier molecular flexibility index (Phi) is 6.48. The number of hydrogen-bond donors (Lipinski definition) is 3. The van der Waals surface area contributed by atoms with Gasteiger partial charge in [-0.15, -0.1) is 0 Å². The van der Waals surface area contributed by atoms with Crippen molar-refractivity contribution in [1.29, 1.82) is 0 Å². The normalized spacial score (nSPS) is 47.9. The van der Waals surface area contributed by atoms with Crippen LogP contribution in [-0.4, -0.2) is 33.1 Å². The molecule has 3 N–H and O–H groups in total. The largest absolute Gasteiger partial charge is 0.393 e. The molecule has 0 aliphatic heterocycles. The molecule has 3 nitrogen and oxygen atoms in total. The van der Waals surface area contributed by atoms with Crippen LogP contribution in [0.4, 0.5) is 0 Å². The minimum Gasteiger partial charge on any atom is -0.393 e. The molecule has 3 fully saturated rings. The van der Waals surface area contributed by atoms with Gasteiger partial charge < -0.3 is 15.3 Å². The molecule has 0 radical (unpaired) electrons. The lowest BCUT2D eigenvalue weighted by Crippen LogP contribution is -2.65. The first-order valence-corrected chi connectivity index (χ1v) is 13.1. The van der Waals surface area contributed by atoms with E-state index in [-0.39, 0.29) is 5.41 Å². The van der Waals surface area contributed by atoms with Crippen molar-refractivity contribution in [2.75, 3.05) is 0 Å². The van der Waals surface area contributed by atoms with Gasteiger partial charge in [-0.05, 0) is 68.1 Å². The van der Waals surface area contributed by atoms with Crippen molar-refractivity contribution in [2.45, 2.75) is 128 Å². The third-order valence-electron chi connectivity index (χ3n) is 10.4. The number of hydrogen-bond acceptors (Lipinski definition) is 3. The lowest BCUT2D eigenvalue weighted by atomic mass is 9.46. The lowest BCUT2D eigenvalue weighted by Gasteiger charge is -2.62. The van der Waals surface area contributed by atoms with Gasteiger partial charge in [-0.2, -0.15) is 0 Å². The Bertz CT molecular complexity index is 644. The monoisotopic (exact) mass is 418 g/mol. The van der Waals surface area contributed by atoms with Crippen molar-refractivity contribution < 1.29 is 15.3 Å². The van der Waals surface area contributed by atoms with Crippen LogP contribution in [0.2, 0.25) is 0 Å². The predicted molar refractivity (Wildman–Crippen MR) is 122 cm³/mol. The molecule has 172 valence electrons. The van der Waals surface area contributed by atoms with Gasteiger partial charge in [0.1, 0.15) is 11.7 Å². The Labute approximate surface area is 184 Å². The van der Waals surface area contributed by atoms with Crippen molar-refractivity contribution in [3.05, 3.63) is 11.6 Å². The highest BCUT2D eigenvalue weighted by molar-refractivity contribution is 5.33. The second-order valence-corrected chi connectivity index (χ2v) is 11.8. The zero-order valence-corrected chi connectivity index (χ0v) is 19.7. The summed E-state index contributed by atoms with van der Waals surface area (Å²) in [5.41, 5.74) is 0.341. The van der Waals surface area contributed by atoms with Gasteiger partial charge in [-0.3, -0.25) is 0 Å². The third kappa shape index (κ3) is 3.52. The highest BCUT2D eigenvalue weighted by atomic mass is 16.3. The topological polar surface area (TPSA) is 60.7 Å². The van der Waals surface area contributed by atoms with Gasteiger partial charge in [0.15, 0.2) is 0 Å². The molecule has 4 rings (SSSR count). The zero-order valence-electron chi connectivity index (χ0n) is 19.7. The molecule has 0 spiro atoms. The van der Waals surface area contributed by atoms with Gasteiger partial charge >= 0.3 is 0 Å². The van der Waals surface area contributed by atoms with Crippen LogP contribution in [0.5, 0.6) is 0 Å². The van der Waals surface area contributed by atoms with Crippen LogP contribution in [0, 0.1) is 28.6 Å². The van der Waals surface area contributed by atoms with Gasteiger partial charge in [0, 0.05) is 11.8 Å². The molecule has 30 heavy (non-hydrogen) atoms. The second-order valence-electron chi connectivity index (χ2n) is 11.8. The Balaban J connectivity index is 1.48. The first-order valence-electron chi connectivity index (χ1n) is 13.1. The van der Waals surface area contributed by atoms with Gasteiger partial charge in [0.25, 0.3) is 0 Å². The van der Waals surface area contributed by atoms with E-state index >= 15 is 0 Å². The first-order chi connectivity index (χ1) is 14.3. The molecule has 0 amide bonds. The Hall–Kier alpha value is -0.380. The minimum absolute atomic E-state index is 0.311. The van der Waals surface area contributed by atoms with Crippen LogP contribution in [0.25, 0.3) is 0 Å². The van der Waals surface area contributed by atoms with E-state index in [9.17, 15) is 15.3 Å². The summed E-state index contributed by atoms with van der Waals surface area (Å²) in [4.78, 5) is 0. The van der Waals surface area contributed by atoms with Crippen molar-refractivity contribution in [3.8, 4) is 0 Å². The lowest BCUT2D eigenvalue weighted by molar-refractivity contribution is -0.210. The Morgan fingerprint density at radius 1 is 0.900 bits per heavy atom. The fourth-order valence-corrected chi connectivity index (χ4v) is 8.30. The van der Waals surface area contributed by atoms with Crippen LogP contribution in [0.1, 0.15) is 111 Å². The highest BCUT2D eigenvalue weighted by Crippen LogP contribution is 2.67. The fraction of sp³-hybridized carbons (Fsp3) is 0.926. The number of allylic oxidation sites excluding steroid dienone is 1. The molecule has 0 bridgehead atoms. The standard InChI is InChI=1S/C27H46O3/c1-4-5-6-7-8-9-10-19-11-12-22-21-17-24(29)27(30)18-20(28)13-16-26(27,3)23(21)14-15-25(19,22)2/h17,19-20,22-24,28-30H,4-16,18H2,1-3H3/t19-,20-,22-,23-,24-,25+,26+,27-/m0/s1. The minimum atomic E-state index is -1.18. The molecule has 0 heterocycles. The van der Waals surface area contributed by atoms with Crippen molar-refractivity contribution in [1.82, 2.24) is 0 Å². The molecule has 0 aromatic heterocycles. The maximum absolute atomic E-state index is 11.5. The maximum atomic E-state index is 11.5. The summed E-state index contributed by atoms with van der Waals surface area (Å²) in [5, 5.41) is 32.8. The maximum Gasteiger partial charge on any atom is 0.102 e. The number of aliphatic hydroxyl groups excluding tert-OH is 2. The molecule has 8 atom stereocenters. The van der Waals surface area contributed by atoms with Crippen LogP contribution < -0.4 is 0 Å². The van der Waals surface area contributed by atoms with Crippen molar-refractivity contribution >= 4 is 0 Å². The highest BCUT2D eigenvalue weighted by Gasteiger charge is 2.64. The van der Waals surface area contributed by atoms with Gasteiger partial charge in [-0.25, -0.2) is 0 Å². The summed E-state index contributed by atoms with van der Waals surface area (Å²) in [5.74, 6) is 1.75. The molecule has 3 saturated carbocycles. The van der Waals surface area contributed by atoms with Crippen LogP contribution >= 0.6 is 0 Å². The van der Waals surface area contributed by atoms with Gasteiger partial charge in [-0.1, -0.05) is 70.9 Å². The smallest absolute Gasteiger partial charge is 0.102 e. The number of aliphatic hydroxyl groups is 3. The summed E-state index contributed by atoms with van der Waals surface area (Å²) >= 11 is 0. The van der Waals surface area contributed by atoms with Crippen LogP contribution in [0.15, 0.2) is 11.6 Å². The summed E-state index contributed by atoms with van der Waals surface area (Å²) < 4.78 is 0. The Morgan fingerprint density at radius 3 is 2.40 bits per heavy atom. The van der Waals surface area contributed by atoms with Crippen LogP contribution in [0.3, 0.4) is 0 Å². The average molecular weight is 419 g/mol. The number of fused-ring (bicyclic) bond motifs is 5. The van der Waals surface area contributed by atoms with Crippen molar-refractivity contribution in [3.63, 3.8) is 0 Å². The number of unbranched alkanes of at least 4 members (excludes halogenated alkanes) is 5. The van der Waals surface area contributed by atoms with E-state index in [0.29, 0.717) is 23.7 Å². The van der Waals surface area contributed by atoms with Crippen molar-refractivity contribution in [2.24, 2.45) is 28.6 Å². The summed E-state index contributed by atoms with van der Waals surface area (Å²) in [6, 6.07) is 0. The van der Waals surface area contributed by atoms with E-state index in [2.05, 4.69) is 20.8 Å². The molecule has 0 aromatic carbocycles. The van der Waals surface area contributed by atoms with Gasteiger partial charge in [0.2, 0.25) is 0 Å². The number of rotatable bonds is 7. The predicted octanol–water partition coefficient (Wildman–Crippen LogP) is 5.76. The van der Waals surface area contributed by atoms with E-state index in [0.717, 1.165) is 25.2 Å². The molecule has 4 aliphatic rings. The molecular weight excluding hydrogens is 372 g/mol. The molecule has 0 aromatic rings. The van der Waals surface area contributed by atoms with Gasteiger partial charge in [0.05, 0.1) is 6.10 Å². The molecule has 3 heteroatoms. The molecule has 0 saturated heterocycles. The average Bonchev–Trinajstić information content (AvgIpc) is 3.04. The quantitative estimate of drug-likeness (QED) is 0.364. The van der Waals surface area contributed by atoms with Crippen LogP contribution in [-0.2, 0) is 0 Å². The molecule has 4 aliphatic carbocycles. The molecular formula is C27H46O3. The third-order valence-corrected chi connectivity index (χ3v) is 10.4. The summed E-state index contributed by atoms with van der Waals surface area (Å²) in [7, 11) is 0. The summed E-state index contributed by atoms with van der Waals surface area (Å²) in [6.45, 7) is 7.01. The SMILES string of the molecule is CCCCCCCC[C@H]1CC[C@H]2C3=C[C@H](O)[C@@]4(O)C[C@@H](O)CC[C@]4(C)[C@H]3CC[C@]12C. The van der Waals surface area contributed by atoms with E-state index in [4.69, 9.17) is 0 Å². The molecule has 0 unspecified atom stereocenters. The van der Waals surface area contributed by atoms with E-state index in [1.165, 1.54) is 69.8 Å². The van der Waals surface area contributed by atoms with E-state index in [1.807, 2.05) is 6.08 Å². The fourth-order valence-electron chi connectivity index (χ4n) is 8.30. The zero-order chi connectivity index (χ0) is 21.6.